The van der Waals surface area contributed by atoms with E-state index in [0.717, 1.165) is 23.1 Å². The number of carbonyl (C=O) groups is 2. The Morgan fingerprint density at radius 1 is 0.867 bits per heavy atom. The molecule has 0 aromatic heterocycles. The van der Waals surface area contributed by atoms with Crippen molar-refractivity contribution in [3.63, 3.8) is 0 Å². The topological polar surface area (TPSA) is 77.8 Å². The number of hydrogen-bond acceptors (Lipinski definition) is 4. The average molecular weight is 205 g/mol. The third-order valence-electron chi connectivity index (χ3n) is 1.95. The van der Waals surface area contributed by atoms with Crippen LogP contribution in [0.3, 0.4) is 0 Å². The van der Waals surface area contributed by atoms with E-state index < -0.39 is 11.8 Å². The first kappa shape index (κ1) is 9.26. The summed E-state index contributed by atoms with van der Waals surface area (Å²) in [5, 5.41) is 18.4. The van der Waals surface area contributed by atoms with Crippen LogP contribution < -0.4 is 4.90 Å². The highest BCUT2D eigenvalue weighted by Gasteiger charge is 2.25. The molecule has 0 spiro atoms. The number of rotatable bonds is 1. The molecule has 0 fully saturated rings. The van der Waals surface area contributed by atoms with Gasteiger partial charge in [0.15, 0.2) is 0 Å². The van der Waals surface area contributed by atoms with Crippen LogP contribution in [0.4, 0.5) is 5.69 Å². The SMILES string of the molecule is O=C1C=CC(=O)N1c1cc(O)cc(O)c1. The van der Waals surface area contributed by atoms with Crippen molar-refractivity contribution in [3.8, 4) is 11.5 Å². The second kappa shape index (κ2) is 3.13. The average Bonchev–Trinajstić information content (AvgIpc) is 2.44. The molecule has 0 radical (unpaired) electrons. The van der Waals surface area contributed by atoms with E-state index in [2.05, 4.69) is 0 Å². The Kier molecular flexibility index (Phi) is 1.93. The van der Waals surface area contributed by atoms with Gasteiger partial charge in [-0.2, -0.15) is 0 Å². The Hall–Kier alpha value is -2.30. The van der Waals surface area contributed by atoms with Crippen molar-refractivity contribution in [2.24, 2.45) is 0 Å². The van der Waals surface area contributed by atoms with E-state index in [1.54, 1.807) is 0 Å². The Labute approximate surface area is 84.9 Å². The number of aromatic hydroxyl groups is 2. The number of nitrogens with zero attached hydrogens (tertiary/aromatic N) is 1. The van der Waals surface area contributed by atoms with Crippen molar-refractivity contribution >= 4 is 17.5 Å². The van der Waals surface area contributed by atoms with Gasteiger partial charge in [0.1, 0.15) is 11.5 Å². The molecule has 0 saturated heterocycles. The molecule has 76 valence electrons. The molecule has 0 atom stereocenters. The molecule has 1 aromatic rings. The van der Waals surface area contributed by atoms with Gasteiger partial charge < -0.3 is 10.2 Å². The number of carbonyl (C=O) groups excluding carboxylic acids is 2. The minimum Gasteiger partial charge on any atom is -0.508 e. The predicted octanol–water partition coefficient (Wildman–Crippen LogP) is 0.527. The highest BCUT2D eigenvalue weighted by Crippen LogP contribution is 2.28. The molecule has 0 bridgehead atoms. The lowest BCUT2D eigenvalue weighted by atomic mass is 10.2. The Balaban J connectivity index is 2.46. The monoisotopic (exact) mass is 205 g/mol. The van der Waals surface area contributed by atoms with Crippen molar-refractivity contribution in [1.29, 1.82) is 0 Å². The van der Waals surface area contributed by atoms with Gasteiger partial charge in [0, 0.05) is 30.4 Å². The summed E-state index contributed by atoms with van der Waals surface area (Å²) in [5.74, 6) is -1.41. The molecule has 2 amide bonds. The molecule has 0 aliphatic carbocycles. The van der Waals surface area contributed by atoms with E-state index >= 15 is 0 Å². The largest absolute Gasteiger partial charge is 0.508 e. The molecular weight excluding hydrogens is 198 g/mol. The molecule has 15 heavy (non-hydrogen) atoms. The van der Waals surface area contributed by atoms with E-state index in [1.165, 1.54) is 12.1 Å². The maximum absolute atomic E-state index is 11.3. The molecule has 1 aliphatic rings. The number of phenols is 2. The minimum absolute atomic E-state index is 0.146. The zero-order valence-corrected chi connectivity index (χ0v) is 7.54. The summed E-state index contributed by atoms with van der Waals surface area (Å²) in [4.78, 5) is 23.4. The normalized spacial score (nSPS) is 15.1. The summed E-state index contributed by atoms with van der Waals surface area (Å²) in [6.07, 6.45) is 2.26. The Bertz CT molecular complexity index is 440. The highest BCUT2D eigenvalue weighted by molar-refractivity contribution is 6.28. The second-order valence-corrected chi connectivity index (χ2v) is 3.05. The lowest BCUT2D eigenvalue weighted by Gasteiger charge is -2.14. The quantitative estimate of drug-likeness (QED) is 0.655. The summed E-state index contributed by atoms with van der Waals surface area (Å²) in [6, 6.07) is 3.56. The second-order valence-electron chi connectivity index (χ2n) is 3.05. The fourth-order valence-corrected chi connectivity index (χ4v) is 1.36. The van der Waals surface area contributed by atoms with Gasteiger partial charge in [0.2, 0.25) is 0 Å². The minimum atomic E-state index is -0.495. The van der Waals surface area contributed by atoms with Gasteiger partial charge in [0.25, 0.3) is 11.8 Å². The van der Waals surface area contributed by atoms with E-state index in [9.17, 15) is 19.8 Å². The number of hydrogen-bond donors (Lipinski definition) is 2. The molecule has 5 nitrogen and oxygen atoms in total. The van der Waals surface area contributed by atoms with Gasteiger partial charge >= 0.3 is 0 Å². The van der Waals surface area contributed by atoms with Gasteiger partial charge in [-0.05, 0) is 0 Å². The van der Waals surface area contributed by atoms with Crippen LogP contribution in [0.5, 0.6) is 11.5 Å². The smallest absolute Gasteiger partial charge is 0.258 e. The van der Waals surface area contributed by atoms with E-state index in [4.69, 9.17) is 0 Å². The van der Waals surface area contributed by atoms with Gasteiger partial charge in [-0.1, -0.05) is 0 Å². The van der Waals surface area contributed by atoms with Crippen LogP contribution >= 0.6 is 0 Å². The lowest BCUT2D eigenvalue weighted by molar-refractivity contribution is -0.119. The highest BCUT2D eigenvalue weighted by atomic mass is 16.3. The Morgan fingerprint density at radius 2 is 1.33 bits per heavy atom. The number of benzene rings is 1. The fraction of sp³-hybridized carbons (Fsp3) is 0. The lowest BCUT2D eigenvalue weighted by Crippen LogP contribution is -2.29. The van der Waals surface area contributed by atoms with Crippen molar-refractivity contribution < 1.29 is 19.8 Å². The summed E-state index contributed by atoms with van der Waals surface area (Å²) in [6.45, 7) is 0. The van der Waals surface area contributed by atoms with Crippen molar-refractivity contribution in [2.75, 3.05) is 4.90 Å². The Morgan fingerprint density at radius 3 is 1.80 bits per heavy atom. The van der Waals surface area contributed by atoms with Crippen LogP contribution in [0.2, 0.25) is 0 Å². The van der Waals surface area contributed by atoms with E-state index in [1.807, 2.05) is 0 Å². The summed E-state index contributed by atoms with van der Waals surface area (Å²) < 4.78 is 0. The number of phenolic OH excluding ortho intramolecular Hbond substituents is 2. The van der Waals surface area contributed by atoms with E-state index in [0.29, 0.717) is 0 Å². The summed E-state index contributed by atoms with van der Waals surface area (Å²) >= 11 is 0. The molecule has 1 aliphatic heterocycles. The molecule has 0 saturated carbocycles. The zero-order chi connectivity index (χ0) is 11.0. The molecule has 1 aromatic carbocycles. The van der Waals surface area contributed by atoms with Gasteiger partial charge in [-0.3, -0.25) is 9.59 Å². The first-order valence-corrected chi connectivity index (χ1v) is 4.17. The van der Waals surface area contributed by atoms with Gasteiger partial charge in [0.05, 0.1) is 5.69 Å². The number of anilines is 1. The van der Waals surface area contributed by atoms with Crippen LogP contribution in [0.1, 0.15) is 0 Å². The molecule has 1 heterocycles. The molecule has 0 unspecified atom stereocenters. The zero-order valence-electron chi connectivity index (χ0n) is 7.54. The predicted molar refractivity (Wildman–Crippen MR) is 51.4 cm³/mol. The summed E-state index contributed by atoms with van der Waals surface area (Å²) in [5.41, 5.74) is 0.146. The third-order valence-corrected chi connectivity index (χ3v) is 1.95. The van der Waals surface area contributed by atoms with Gasteiger partial charge in [-0.15, -0.1) is 0 Å². The number of amides is 2. The molecule has 5 heteroatoms. The molecule has 2 N–H and O–H groups in total. The standard InChI is InChI=1S/C10H7NO4/c12-7-3-6(4-8(13)5-7)11-9(14)1-2-10(11)15/h1-5,12-13H. The van der Waals surface area contributed by atoms with Crippen LogP contribution in [0, 0.1) is 0 Å². The van der Waals surface area contributed by atoms with Gasteiger partial charge in [-0.25, -0.2) is 4.90 Å². The molecular formula is C10H7NO4. The first-order chi connectivity index (χ1) is 7.08. The van der Waals surface area contributed by atoms with Crippen LogP contribution in [-0.4, -0.2) is 22.0 Å². The summed E-state index contributed by atoms with van der Waals surface area (Å²) in [7, 11) is 0. The van der Waals surface area contributed by atoms with Crippen molar-refractivity contribution in [2.45, 2.75) is 0 Å². The maximum Gasteiger partial charge on any atom is 0.258 e. The van der Waals surface area contributed by atoms with Crippen molar-refractivity contribution in [1.82, 2.24) is 0 Å². The number of imide groups is 1. The first-order valence-electron chi connectivity index (χ1n) is 4.17. The fourth-order valence-electron chi connectivity index (χ4n) is 1.36. The van der Waals surface area contributed by atoms with E-state index in [-0.39, 0.29) is 17.2 Å². The van der Waals surface area contributed by atoms with Crippen LogP contribution in [0.25, 0.3) is 0 Å². The van der Waals surface area contributed by atoms with Crippen molar-refractivity contribution in [3.05, 3.63) is 30.4 Å². The van der Waals surface area contributed by atoms with Crippen LogP contribution in [-0.2, 0) is 9.59 Å². The maximum atomic E-state index is 11.3. The third kappa shape index (κ3) is 1.54. The van der Waals surface area contributed by atoms with Crippen LogP contribution in [0.15, 0.2) is 30.4 Å². The molecule has 2 rings (SSSR count).